The molecule has 2 saturated carbocycles. The van der Waals surface area contributed by atoms with Crippen LogP contribution in [0.5, 0.6) is 11.5 Å². The minimum absolute atomic E-state index is 0.0338. The van der Waals surface area contributed by atoms with Gasteiger partial charge < -0.3 is 29.5 Å². The molecule has 1 saturated heterocycles. The first-order valence-corrected chi connectivity index (χ1v) is 9.80. The summed E-state index contributed by atoms with van der Waals surface area (Å²) in [6.07, 6.45) is 2.00. The Hall–Kier alpha value is -2.26. The van der Waals surface area contributed by atoms with Crippen molar-refractivity contribution in [3.05, 3.63) is 23.3 Å². The molecule has 0 aromatic heterocycles. The van der Waals surface area contributed by atoms with E-state index in [0.29, 0.717) is 32.4 Å². The Bertz CT molecular complexity index is 840. The molecule has 8 nitrogen and oxygen atoms in total. The molecule has 4 aliphatic rings. The summed E-state index contributed by atoms with van der Waals surface area (Å²) >= 11 is 0. The molecular formula is C19H22BNO7. The number of hydrogen-bond acceptors (Lipinski definition) is 6. The Balaban J connectivity index is 1.28. The zero-order valence-electron chi connectivity index (χ0n) is 15.3. The molecule has 2 aliphatic carbocycles. The summed E-state index contributed by atoms with van der Waals surface area (Å²) in [4.78, 5) is 26.0. The molecule has 3 N–H and O–H groups in total. The number of aliphatic hydroxyl groups excluding tert-OH is 1. The quantitative estimate of drug-likeness (QED) is 0.657. The van der Waals surface area contributed by atoms with Crippen LogP contribution in [0.15, 0.2) is 12.1 Å². The van der Waals surface area contributed by atoms with Gasteiger partial charge in [0.05, 0.1) is 19.2 Å². The fourth-order valence-corrected chi connectivity index (χ4v) is 4.71. The van der Waals surface area contributed by atoms with Gasteiger partial charge in [0.15, 0.2) is 0 Å². The van der Waals surface area contributed by atoms with Crippen LogP contribution >= 0.6 is 0 Å². The van der Waals surface area contributed by atoms with Crippen molar-refractivity contribution >= 4 is 19.0 Å². The SMILES string of the molecule is O=C(O)c1c(OC2CN(C(=O)[C@H]3CC[C@@H](O)C3)C2)ccc2c1OB(O)[C@@H]1C[C@H]21. The van der Waals surface area contributed by atoms with Crippen molar-refractivity contribution in [2.24, 2.45) is 5.92 Å². The predicted molar refractivity (Wildman–Crippen MR) is 97.5 cm³/mol. The largest absolute Gasteiger partial charge is 0.535 e. The van der Waals surface area contributed by atoms with Crippen molar-refractivity contribution < 1.29 is 34.2 Å². The number of fused-ring (bicyclic) bond motifs is 3. The van der Waals surface area contributed by atoms with Crippen molar-refractivity contribution in [1.82, 2.24) is 4.90 Å². The van der Waals surface area contributed by atoms with Gasteiger partial charge >= 0.3 is 13.1 Å². The summed E-state index contributed by atoms with van der Waals surface area (Å²) in [5, 5.41) is 29.3. The molecular weight excluding hydrogens is 365 g/mol. The third-order valence-electron chi connectivity index (χ3n) is 6.42. The molecule has 1 aromatic carbocycles. The number of carbonyl (C=O) groups excluding carboxylic acids is 1. The van der Waals surface area contributed by atoms with Gasteiger partial charge in [0.1, 0.15) is 23.2 Å². The molecule has 0 radical (unpaired) electrons. The fourth-order valence-electron chi connectivity index (χ4n) is 4.71. The van der Waals surface area contributed by atoms with Crippen molar-refractivity contribution in [3.8, 4) is 11.5 Å². The van der Waals surface area contributed by atoms with E-state index in [1.165, 1.54) is 0 Å². The third kappa shape index (κ3) is 2.84. The van der Waals surface area contributed by atoms with Crippen LogP contribution in [0.3, 0.4) is 0 Å². The monoisotopic (exact) mass is 387 g/mol. The van der Waals surface area contributed by atoms with Gasteiger partial charge in [-0.05, 0) is 43.2 Å². The highest BCUT2D eigenvalue weighted by Gasteiger charge is 2.54. The molecule has 0 spiro atoms. The number of aromatic carboxylic acids is 1. The van der Waals surface area contributed by atoms with Crippen LogP contribution in [-0.2, 0) is 4.79 Å². The maximum atomic E-state index is 12.4. The Labute approximate surface area is 162 Å². The van der Waals surface area contributed by atoms with Crippen molar-refractivity contribution in [2.75, 3.05) is 13.1 Å². The maximum absolute atomic E-state index is 12.4. The molecule has 0 unspecified atom stereocenters. The highest BCUT2D eigenvalue weighted by Crippen LogP contribution is 2.60. The van der Waals surface area contributed by atoms with Gasteiger partial charge in [-0.1, -0.05) is 6.07 Å². The maximum Gasteiger partial charge on any atom is 0.526 e. The Morgan fingerprint density at radius 2 is 2.00 bits per heavy atom. The lowest BCUT2D eigenvalue weighted by Gasteiger charge is -2.40. The van der Waals surface area contributed by atoms with Crippen LogP contribution in [0.4, 0.5) is 0 Å². The van der Waals surface area contributed by atoms with Crippen LogP contribution < -0.4 is 9.39 Å². The molecule has 0 bridgehead atoms. The van der Waals surface area contributed by atoms with Crippen LogP contribution in [0.1, 0.15) is 47.5 Å². The molecule has 2 aliphatic heterocycles. The van der Waals surface area contributed by atoms with Gasteiger partial charge in [-0.15, -0.1) is 0 Å². The molecule has 3 fully saturated rings. The second kappa shape index (κ2) is 6.38. The van der Waals surface area contributed by atoms with Crippen LogP contribution in [-0.4, -0.2) is 64.4 Å². The van der Waals surface area contributed by atoms with Crippen LogP contribution in [0, 0.1) is 5.92 Å². The molecule has 9 heteroatoms. The number of nitrogens with zero attached hydrogens (tertiary/aromatic N) is 1. The van der Waals surface area contributed by atoms with E-state index in [1.807, 2.05) is 6.07 Å². The van der Waals surface area contributed by atoms with E-state index < -0.39 is 19.2 Å². The van der Waals surface area contributed by atoms with E-state index in [9.17, 15) is 24.8 Å². The number of carbonyl (C=O) groups is 2. The topological polar surface area (TPSA) is 117 Å². The van der Waals surface area contributed by atoms with Crippen LogP contribution in [0.25, 0.3) is 0 Å². The zero-order valence-corrected chi connectivity index (χ0v) is 15.3. The number of aliphatic hydroxyl groups is 1. The Morgan fingerprint density at radius 1 is 1.21 bits per heavy atom. The predicted octanol–water partition coefficient (Wildman–Crippen LogP) is 0.866. The molecule has 4 atom stereocenters. The third-order valence-corrected chi connectivity index (χ3v) is 6.42. The van der Waals surface area contributed by atoms with Gasteiger partial charge in [-0.3, -0.25) is 4.79 Å². The zero-order chi connectivity index (χ0) is 19.6. The van der Waals surface area contributed by atoms with Gasteiger partial charge in [0.25, 0.3) is 0 Å². The molecule has 2 heterocycles. The number of carboxylic acid groups (broad SMARTS) is 1. The molecule has 28 heavy (non-hydrogen) atoms. The fraction of sp³-hybridized carbons (Fsp3) is 0.579. The normalized spacial score (nSPS) is 30.8. The van der Waals surface area contributed by atoms with Crippen molar-refractivity contribution in [1.29, 1.82) is 0 Å². The van der Waals surface area contributed by atoms with Crippen LogP contribution in [0.2, 0.25) is 5.82 Å². The smallest absolute Gasteiger partial charge is 0.526 e. The van der Waals surface area contributed by atoms with E-state index in [4.69, 9.17) is 9.39 Å². The summed E-state index contributed by atoms with van der Waals surface area (Å²) in [6, 6.07) is 3.46. The first kappa shape index (κ1) is 17.8. The number of benzene rings is 1. The first-order valence-electron chi connectivity index (χ1n) is 9.80. The van der Waals surface area contributed by atoms with Gasteiger partial charge in [0, 0.05) is 11.7 Å². The number of ether oxygens (including phenoxy) is 1. The number of likely N-dealkylation sites (tertiary alicyclic amines) is 1. The second-order valence-corrected chi connectivity index (χ2v) is 8.32. The average molecular weight is 387 g/mol. The summed E-state index contributed by atoms with van der Waals surface area (Å²) in [6.45, 7) is 0.797. The highest BCUT2D eigenvalue weighted by molar-refractivity contribution is 6.48. The lowest BCUT2D eigenvalue weighted by atomic mass is 9.77. The van der Waals surface area contributed by atoms with Crippen molar-refractivity contribution in [3.63, 3.8) is 0 Å². The number of amides is 1. The minimum Gasteiger partial charge on any atom is -0.535 e. The van der Waals surface area contributed by atoms with Gasteiger partial charge in [-0.2, -0.15) is 0 Å². The summed E-state index contributed by atoms with van der Waals surface area (Å²) in [5.74, 6) is -0.674. The van der Waals surface area contributed by atoms with Crippen molar-refractivity contribution in [2.45, 2.75) is 49.6 Å². The van der Waals surface area contributed by atoms with E-state index in [1.54, 1.807) is 11.0 Å². The molecule has 1 aromatic rings. The van der Waals surface area contributed by atoms with Gasteiger partial charge in [0.2, 0.25) is 5.91 Å². The van der Waals surface area contributed by atoms with E-state index in [-0.39, 0.29) is 46.7 Å². The second-order valence-electron chi connectivity index (χ2n) is 8.32. The molecule has 5 rings (SSSR count). The van der Waals surface area contributed by atoms with E-state index in [2.05, 4.69) is 0 Å². The standard InChI is InChI=1S/C19H22BNO7/c22-10-2-1-9(5-10)18(23)21-7-11(8-21)27-15-4-3-12-13-6-14(13)20(26)28-17(12)16(15)19(24)25/h3-4,9-11,13-14,22,26H,1-2,5-8H2,(H,24,25)/t9-,10+,13+,14+/m0/s1. The molecule has 1 amide bonds. The highest BCUT2D eigenvalue weighted by atomic mass is 16.5. The Kier molecular flexibility index (Phi) is 4.06. The number of rotatable bonds is 4. The minimum atomic E-state index is -1.16. The number of carboxylic acids is 1. The molecule has 148 valence electrons. The Morgan fingerprint density at radius 3 is 2.68 bits per heavy atom. The lowest BCUT2D eigenvalue weighted by Crippen LogP contribution is -2.57. The van der Waals surface area contributed by atoms with E-state index in [0.717, 1.165) is 12.0 Å². The van der Waals surface area contributed by atoms with Gasteiger partial charge in [-0.25, -0.2) is 4.79 Å². The first-order chi connectivity index (χ1) is 13.4. The number of hydrogen-bond donors (Lipinski definition) is 3. The lowest BCUT2D eigenvalue weighted by molar-refractivity contribution is -0.144. The summed E-state index contributed by atoms with van der Waals surface area (Å²) in [7, 11) is -0.982. The average Bonchev–Trinajstić information content (AvgIpc) is 3.31. The summed E-state index contributed by atoms with van der Waals surface area (Å²) in [5.41, 5.74) is 0.746. The van der Waals surface area contributed by atoms with E-state index >= 15 is 0 Å². The summed E-state index contributed by atoms with van der Waals surface area (Å²) < 4.78 is 11.4.